The van der Waals surface area contributed by atoms with E-state index in [4.69, 9.17) is 0 Å². The zero-order valence-electron chi connectivity index (χ0n) is 13.0. The number of fused-ring (bicyclic) bond motifs is 1. The van der Waals surface area contributed by atoms with Gasteiger partial charge in [0.25, 0.3) is 0 Å². The number of rotatable bonds is 4. The van der Waals surface area contributed by atoms with Crippen LogP contribution in [0.15, 0.2) is 53.4 Å². The quantitative estimate of drug-likeness (QED) is 0.934. The maximum atomic E-state index is 12.3. The van der Waals surface area contributed by atoms with Gasteiger partial charge in [-0.15, -0.1) is 0 Å². The van der Waals surface area contributed by atoms with Gasteiger partial charge in [-0.3, -0.25) is 4.79 Å². The van der Waals surface area contributed by atoms with Crippen LogP contribution in [0.25, 0.3) is 0 Å². The van der Waals surface area contributed by atoms with Crippen LogP contribution >= 0.6 is 0 Å². The molecule has 1 N–H and O–H groups in total. The smallest absolute Gasteiger partial charge is 0.224 e. The molecule has 0 atom stereocenters. The Balaban J connectivity index is 1.58. The lowest BCUT2D eigenvalue weighted by Crippen LogP contribution is -2.30. The van der Waals surface area contributed by atoms with Gasteiger partial charge >= 0.3 is 0 Å². The summed E-state index contributed by atoms with van der Waals surface area (Å²) in [4.78, 5) is 12.6. The third-order valence-corrected chi connectivity index (χ3v) is 5.37. The van der Waals surface area contributed by atoms with E-state index in [1.54, 1.807) is 24.3 Å². The monoisotopic (exact) mass is 329 g/mol. The van der Waals surface area contributed by atoms with Crippen LogP contribution in [0.5, 0.6) is 0 Å². The molecule has 0 saturated carbocycles. The van der Waals surface area contributed by atoms with Gasteiger partial charge in [0.15, 0.2) is 9.84 Å². The lowest BCUT2D eigenvalue weighted by molar-refractivity contribution is -0.124. The van der Waals surface area contributed by atoms with Crippen molar-refractivity contribution in [2.24, 2.45) is 5.92 Å². The van der Waals surface area contributed by atoms with Crippen LogP contribution in [-0.4, -0.2) is 20.6 Å². The third-order valence-electron chi connectivity index (χ3n) is 4.24. The van der Waals surface area contributed by atoms with Gasteiger partial charge in [-0.1, -0.05) is 36.4 Å². The van der Waals surface area contributed by atoms with Gasteiger partial charge in [0.1, 0.15) is 0 Å². The highest BCUT2D eigenvalue weighted by molar-refractivity contribution is 7.90. The zero-order valence-corrected chi connectivity index (χ0v) is 13.8. The van der Waals surface area contributed by atoms with Gasteiger partial charge in [0.2, 0.25) is 5.91 Å². The fraction of sp³-hybridized carbons (Fsp3) is 0.278. The van der Waals surface area contributed by atoms with E-state index < -0.39 is 9.84 Å². The fourth-order valence-corrected chi connectivity index (χ4v) is 3.56. The minimum atomic E-state index is -3.18. The SMILES string of the molecule is CS(=O)(=O)c1ccc(CNC(=O)C2Cc3ccccc3C2)cc1. The van der Waals surface area contributed by atoms with Gasteiger partial charge in [-0.2, -0.15) is 0 Å². The first kappa shape index (κ1) is 15.7. The first-order valence-electron chi connectivity index (χ1n) is 7.57. The van der Waals surface area contributed by atoms with Crippen molar-refractivity contribution in [3.63, 3.8) is 0 Å². The van der Waals surface area contributed by atoms with E-state index >= 15 is 0 Å². The summed E-state index contributed by atoms with van der Waals surface area (Å²) in [6, 6.07) is 14.8. The van der Waals surface area contributed by atoms with Crippen LogP contribution in [0, 0.1) is 5.92 Å². The molecule has 0 aromatic heterocycles. The lowest BCUT2D eigenvalue weighted by atomic mass is 10.1. The Bertz CT molecular complexity index is 801. The molecular weight excluding hydrogens is 310 g/mol. The highest BCUT2D eigenvalue weighted by atomic mass is 32.2. The van der Waals surface area contributed by atoms with Crippen LogP contribution in [0.2, 0.25) is 0 Å². The van der Waals surface area contributed by atoms with Crippen LogP contribution in [0.3, 0.4) is 0 Å². The van der Waals surface area contributed by atoms with E-state index in [1.807, 2.05) is 12.1 Å². The molecule has 0 saturated heterocycles. The molecule has 0 bridgehead atoms. The maximum Gasteiger partial charge on any atom is 0.224 e. The molecule has 1 amide bonds. The van der Waals surface area contributed by atoms with Crippen molar-refractivity contribution < 1.29 is 13.2 Å². The second-order valence-electron chi connectivity index (χ2n) is 6.01. The summed E-state index contributed by atoms with van der Waals surface area (Å²) in [5.74, 6) is 0.0380. The summed E-state index contributed by atoms with van der Waals surface area (Å²) in [7, 11) is -3.18. The molecule has 0 aliphatic heterocycles. The summed E-state index contributed by atoms with van der Waals surface area (Å²) < 4.78 is 22.8. The Hall–Kier alpha value is -2.14. The Kier molecular flexibility index (Phi) is 4.22. The van der Waals surface area contributed by atoms with Crippen molar-refractivity contribution >= 4 is 15.7 Å². The second-order valence-corrected chi connectivity index (χ2v) is 8.02. The Labute approximate surface area is 136 Å². The molecule has 23 heavy (non-hydrogen) atoms. The largest absolute Gasteiger partial charge is 0.352 e. The lowest BCUT2D eigenvalue weighted by Gasteiger charge is -2.10. The minimum absolute atomic E-state index is 0.0114. The highest BCUT2D eigenvalue weighted by Crippen LogP contribution is 2.26. The normalized spacial score (nSPS) is 14.5. The minimum Gasteiger partial charge on any atom is -0.352 e. The Morgan fingerprint density at radius 1 is 1.04 bits per heavy atom. The molecule has 1 aliphatic carbocycles. The summed E-state index contributed by atoms with van der Waals surface area (Å²) in [5.41, 5.74) is 3.40. The molecule has 0 heterocycles. The van der Waals surface area contributed by atoms with E-state index in [9.17, 15) is 13.2 Å². The Morgan fingerprint density at radius 3 is 2.13 bits per heavy atom. The number of amides is 1. The third kappa shape index (κ3) is 3.62. The van der Waals surface area contributed by atoms with Crippen molar-refractivity contribution in [2.45, 2.75) is 24.3 Å². The summed E-state index contributed by atoms with van der Waals surface area (Å²) in [6.07, 6.45) is 2.76. The predicted octanol–water partition coefficient (Wildman–Crippen LogP) is 2.12. The first-order valence-corrected chi connectivity index (χ1v) is 9.46. The number of sulfone groups is 1. The molecule has 4 nitrogen and oxygen atoms in total. The maximum absolute atomic E-state index is 12.3. The predicted molar refractivity (Wildman–Crippen MR) is 88.7 cm³/mol. The van der Waals surface area contributed by atoms with Crippen molar-refractivity contribution in [1.82, 2.24) is 5.32 Å². The first-order chi connectivity index (χ1) is 10.9. The van der Waals surface area contributed by atoms with Gasteiger partial charge in [-0.05, 0) is 41.7 Å². The molecule has 1 aliphatic rings. The molecule has 0 radical (unpaired) electrons. The van der Waals surface area contributed by atoms with E-state index in [2.05, 4.69) is 17.4 Å². The molecule has 2 aromatic rings. The van der Waals surface area contributed by atoms with E-state index in [0.717, 1.165) is 18.4 Å². The van der Waals surface area contributed by atoms with E-state index in [1.165, 1.54) is 17.4 Å². The number of carbonyl (C=O) groups excluding carboxylic acids is 1. The van der Waals surface area contributed by atoms with Crippen LogP contribution in [0.4, 0.5) is 0 Å². The molecule has 0 spiro atoms. The van der Waals surface area contributed by atoms with Gasteiger partial charge in [-0.25, -0.2) is 8.42 Å². The van der Waals surface area contributed by atoms with E-state index in [-0.39, 0.29) is 11.8 Å². The Morgan fingerprint density at radius 2 is 1.61 bits per heavy atom. The molecule has 2 aromatic carbocycles. The topological polar surface area (TPSA) is 63.2 Å². The number of hydrogen-bond donors (Lipinski definition) is 1. The van der Waals surface area contributed by atoms with Gasteiger partial charge in [0.05, 0.1) is 4.90 Å². The summed E-state index contributed by atoms with van der Waals surface area (Å²) in [6.45, 7) is 0.412. The van der Waals surface area contributed by atoms with Crippen LogP contribution in [0.1, 0.15) is 16.7 Å². The number of hydrogen-bond acceptors (Lipinski definition) is 3. The number of carbonyl (C=O) groups is 1. The number of benzene rings is 2. The molecule has 120 valence electrons. The standard InChI is InChI=1S/C18H19NO3S/c1-23(21,22)17-8-6-13(7-9-17)12-19-18(20)16-10-14-4-2-3-5-15(14)11-16/h2-9,16H,10-12H2,1H3,(H,19,20). The fourth-order valence-electron chi connectivity index (χ4n) is 2.93. The van der Waals surface area contributed by atoms with Crippen LogP contribution < -0.4 is 5.32 Å². The van der Waals surface area contributed by atoms with Crippen molar-refractivity contribution in [1.29, 1.82) is 0 Å². The molecule has 0 unspecified atom stereocenters. The van der Waals surface area contributed by atoms with Crippen molar-refractivity contribution in [2.75, 3.05) is 6.26 Å². The van der Waals surface area contributed by atoms with Crippen molar-refractivity contribution in [3.05, 3.63) is 65.2 Å². The second kappa shape index (κ2) is 6.16. The molecule has 0 fully saturated rings. The highest BCUT2D eigenvalue weighted by Gasteiger charge is 2.26. The van der Waals surface area contributed by atoms with Crippen LogP contribution in [-0.2, 0) is 34.0 Å². The number of nitrogens with one attached hydrogen (secondary N) is 1. The summed E-state index contributed by atoms with van der Waals surface area (Å²) >= 11 is 0. The molecular formula is C18H19NO3S. The average Bonchev–Trinajstić information content (AvgIpc) is 2.96. The van der Waals surface area contributed by atoms with Gasteiger partial charge in [0, 0.05) is 18.7 Å². The average molecular weight is 329 g/mol. The van der Waals surface area contributed by atoms with Gasteiger partial charge < -0.3 is 5.32 Å². The summed E-state index contributed by atoms with van der Waals surface area (Å²) in [5, 5.41) is 2.95. The zero-order chi connectivity index (χ0) is 16.4. The van der Waals surface area contributed by atoms with Crippen molar-refractivity contribution in [3.8, 4) is 0 Å². The molecule has 5 heteroatoms. The molecule has 3 rings (SSSR count). The van der Waals surface area contributed by atoms with E-state index in [0.29, 0.717) is 11.4 Å².